The summed E-state index contributed by atoms with van der Waals surface area (Å²) in [6.45, 7) is 5.78. The van der Waals surface area contributed by atoms with Gasteiger partial charge in [-0.1, -0.05) is 44.4 Å². The van der Waals surface area contributed by atoms with E-state index in [1.54, 1.807) is 12.2 Å². The van der Waals surface area contributed by atoms with Crippen molar-refractivity contribution in [1.29, 1.82) is 0 Å². The molecule has 1 saturated carbocycles. The highest BCUT2D eigenvalue weighted by Gasteiger charge is 2.38. The maximum atomic E-state index is 11.7. The molecular formula is C16H26O3. The predicted octanol–water partition coefficient (Wildman–Crippen LogP) is 2.63. The van der Waals surface area contributed by atoms with Crippen LogP contribution in [0.25, 0.3) is 0 Å². The molecule has 3 unspecified atom stereocenters. The van der Waals surface area contributed by atoms with Crippen LogP contribution < -0.4 is 0 Å². The molecule has 3 heteroatoms. The van der Waals surface area contributed by atoms with E-state index in [-0.39, 0.29) is 24.0 Å². The monoisotopic (exact) mass is 266 g/mol. The Bertz CT molecular complexity index is 322. The molecule has 3 nitrogen and oxygen atoms in total. The van der Waals surface area contributed by atoms with Gasteiger partial charge in [-0.2, -0.15) is 0 Å². The van der Waals surface area contributed by atoms with Crippen molar-refractivity contribution >= 4 is 5.78 Å². The summed E-state index contributed by atoms with van der Waals surface area (Å²) in [5.41, 5.74) is 0. The highest BCUT2D eigenvalue weighted by atomic mass is 16.3. The second-order valence-corrected chi connectivity index (χ2v) is 5.39. The number of allylic oxidation sites excluding steroid dienone is 1. The van der Waals surface area contributed by atoms with Crippen LogP contribution in [0.5, 0.6) is 0 Å². The number of rotatable bonds is 8. The van der Waals surface area contributed by atoms with Crippen LogP contribution in [0.4, 0.5) is 0 Å². The smallest absolute Gasteiger partial charge is 0.139 e. The lowest BCUT2D eigenvalue weighted by molar-refractivity contribution is -0.121. The van der Waals surface area contributed by atoms with Crippen molar-refractivity contribution in [2.75, 3.05) is 0 Å². The first-order chi connectivity index (χ1) is 9.10. The second kappa shape index (κ2) is 8.28. The Balaban J connectivity index is 2.52. The summed E-state index contributed by atoms with van der Waals surface area (Å²) in [5, 5.41) is 19.7. The third-order valence-corrected chi connectivity index (χ3v) is 3.81. The van der Waals surface area contributed by atoms with E-state index in [0.717, 1.165) is 25.7 Å². The lowest BCUT2D eigenvalue weighted by atomic mass is 9.90. The van der Waals surface area contributed by atoms with Crippen molar-refractivity contribution in [3.63, 3.8) is 0 Å². The summed E-state index contributed by atoms with van der Waals surface area (Å²) in [5.74, 6) is -0.250. The molecule has 0 spiro atoms. The van der Waals surface area contributed by atoms with Gasteiger partial charge in [-0.15, -0.1) is 6.58 Å². The Kier molecular flexibility index (Phi) is 7.03. The highest BCUT2D eigenvalue weighted by Crippen LogP contribution is 2.33. The average Bonchev–Trinajstić information content (AvgIpc) is 2.63. The molecule has 0 aromatic heterocycles. The van der Waals surface area contributed by atoms with Gasteiger partial charge in [0.2, 0.25) is 0 Å². The summed E-state index contributed by atoms with van der Waals surface area (Å²) in [7, 11) is 0. The number of aliphatic hydroxyl groups excluding tert-OH is 2. The van der Waals surface area contributed by atoms with Crippen molar-refractivity contribution in [3.8, 4) is 0 Å². The fourth-order valence-electron chi connectivity index (χ4n) is 2.66. The van der Waals surface area contributed by atoms with Crippen LogP contribution in [0.3, 0.4) is 0 Å². The lowest BCUT2D eigenvalue weighted by Gasteiger charge is -2.16. The SMILES string of the molecule is C=CCC1C(=O)CC(O)C1/C=C/[C@H](O)CCCCC. The minimum Gasteiger partial charge on any atom is -0.392 e. The maximum absolute atomic E-state index is 11.7. The fraction of sp³-hybridized carbons (Fsp3) is 0.688. The van der Waals surface area contributed by atoms with E-state index in [4.69, 9.17) is 0 Å². The van der Waals surface area contributed by atoms with E-state index in [0.29, 0.717) is 6.42 Å². The van der Waals surface area contributed by atoms with Gasteiger partial charge in [0, 0.05) is 18.3 Å². The number of aliphatic hydroxyl groups is 2. The van der Waals surface area contributed by atoms with Crippen molar-refractivity contribution in [2.45, 2.75) is 57.7 Å². The van der Waals surface area contributed by atoms with Crippen LogP contribution in [0.15, 0.2) is 24.8 Å². The first-order valence-electron chi connectivity index (χ1n) is 7.28. The summed E-state index contributed by atoms with van der Waals surface area (Å²) in [6, 6.07) is 0. The van der Waals surface area contributed by atoms with Crippen LogP contribution >= 0.6 is 0 Å². The summed E-state index contributed by atoms with van der Waals surface area (Å²) < 4.78 is 0. The predicted molar refractivity (Wildman–Crippen MR) is 76.7 cm³/mol. The van der Waals surface area contributed by atoms with E-state index < -0.39 is 12.2 Å². The molecule has 0 aliphatic heterocycles. The summed E-state index contributed by atoms with van der Waals surface area (Å²) in [6.07, 6.45) is 9.00. The molecule has 0 aromatic carbocycles. The zero-order valence-electron chi connectivity index (χ0n) is 11.8. The fourth-order valence-corrected chi connectivity index (χ4v) is 2.66. The summed E-state index contributed by atoms with van der Waals surface area (Å²) >= 11 is 0. The van der Waals surface area contributed by atoms with Gasteiger partial charge in [-0.3, -0.25) is 4.79 Å². The molecule has 1 fully saturated rings. The van der Waals surface area contributed by atoms with Crippen LogP contribution in [0.2, 0.25) is 0 Å². The van der Waals surface area contributed by atoms with Crippen LogP contribution in [-0.4, -0.2) is 28.2 Å². The molecule has 0 bridgehead atoms. The molecule has 1 rings (SSSR count). The first kappa shape index (κ1) is 16.1. The molecule has 1 aliphatic rings. The average molecular weight is 266 g/mol. The van der Waals surface area contributed by atoms with Crippen molar-refractivity contribution in [2.24, 2.45) is 11.8 Å². The zero-order chi connectivity index (χ0) is 14.3. The van der Waals surface area contributed by atoms with Crippen LogP contribution in [-0.2, 0) is 4.79 Å². The molecule has 4 atom stereocenters. The quantitative estimate of drug-likeness (QED) is 0.524. The third kappa shape index (κ3) is 4.92. The van der Waals surface area contributed by atoms with Gasteiger partial charge >= 0.3 is 0 Å². The van der Waals surface area contributed by atoms with Gasteiger partial charge in [0.25, 0.3) is 0 Å². The molecule has 2 N–H and O–H groups in total. The Morgan fingerprint density at radius 2 is 2.21 bits per heavy atom. The Morgan fingerprint density at radius 1 is 1.47 bits per heavy atom. The van der Waals surface area contributed by atoms with Gasteiger partial charge in [-0.25, -0.2) is 0 Å². The zero-order valence-corrected chi connectivity index (χ0v) is 11.8. The van der Waals surface area contributed by atoms with Crippen molar-refractivity contribution < 1.29 is 15.0 Å². The molecule has 19 heavy (non-hydrogen) atoms. The van der Waals surface area contributed by atoms with E-state index in [9.17, 15) is 15.0 Å². The van der Waals surface area contributed by atoms with Gasteiger partial charge < -0.3 is 10.2 Å². The van der Waals surface area contributed by atoms with Gasteiger partial charge in [-0.05, 0) is 12.8 Å². The number of unbranched alkanes of at least 4 members (excludes halogenated alkanes) is 2. The number of hydrogen-bond donors (Lipinski definition) is 2. The van der Waals surface area contributed by atoms with E-state index in [2.05, 4.69) is 13.5 Å². The third-order valence-electron chi connectivity index (χ3n) is 3.81. The molecule has 0 heterocycles. The Hall–Kier alpha value is -0.930. The second-order valence-electron chi connectivity index (χ2n) is 5.39. The van der Waals surface area contributed by atoms with Crippen molar-refractivity contribution in [1.82, 2.24) is 0 Å². The highest BCUT2D eigenvalue weighted by molar-refractivity contribution is 5.84. The maximum Gasteiger partial charge on any atom is 0.139 e. The van der Waals surface area contributed by atoms with E-state index >= 15 is 0 Å². The van der Waals surface area contributed by atoms with E-state index in [1.165, 1.54) is 0 Å². The van der Waals surface area contributed by atoms with Crippen LogP contribution in [0, 0.1) is 11.8 Å². The summed E-state index contributed by atoms with van der Waals surface area (Å²) in [4.78, 5) is 11.7. The van der Waals surface area contributed by atoms with Gasteiger partial charge in [0.05, 0.1) is 12.2 Å². The largest absolute Gasteiger partial charge is 0.392 e. The number of carbonyl (C=O) groups excluding carboxylic acids is 1. The topological polar surface area (TPSA) is 57.5 Å². The van der Waals surface area contributed by atoms with E-state index in [1.807, 2.05) is 6.08 Å². The molecule has 1 aliphatic carbocycles. The number of ketones is 1. The Morgan fingerprint density at radius 3 is 2.84 bits per heavy atom. The number of Topliss-reactive ketones (excluding diaryl/α,β-unsaturated/α-hetero) is 1. The first-order valence-corrected chi connectivity index (χ1v) is 7.28. The lowest BCUT2D eigenvalue weighted by Crippen LogP contribution is -2.18. The van der Waals surface area contributed by atoms with Crippen LogP contribution in [0.1, 0.15) is 45.4 Å². The number of hydrogen-bond acceptors (Lipinski definition) is 3. The normalized spacial score (nSPS) is 29.0. The minimum atomic E-state index is -0.614. The molecule has 0 radical (unpaired) electrons. The van der Waals surface area contributed by atoms with Gasteiger partial charge in [0.1, 0.15) is 5.78 Å². The molecular weight excluding hydrogens is 240 g/mol. The van der Waals surface area contributed by atoms with Crippen molar-refractivity contribution in [3.05, 3.63) is 24.8 Å². The number of carbonyl (C=O) groups is 1. The minimum absolute atomic E-state index is 0.0996. The van der Waals surface area contributed by atoms with Gasteiger partial charge in [0.15, 0.2) is 0 Å². The molecule has 108 valence electrons. The molecule has 0 saturated heterocycles. The standard InChI is InChI=1S/C16H26O3/c1-3-5-6-8-12(17)9-10-14-13(7-4-2)15(18)11-16(14)19/h4,9-10,12-14,16-17,19H,2-3,5-8,11H2,1H3/b10-9+/t12-,13?,14?,16?/m1/s1. The molecule has 0 amide bonds. The molecule has 0 aromatic rings. The Labute approximate surface area is 116 Å².